The maximum Gasteiger partial charge on any atom is 0.147 e. The van der Waals surface area contributed by atoms with Crippen LogP contribution in [0.3, 0.4) is 0 Å². The molecule has 0 saturated heterocycles. The average molecular weight is 285 g/mol. The highest BCUT2D eigenvalue weighted by Gasteiger charge is 2.12. The molecule has 5 heteroatoms. The molecule has 1 atom stereocenters. The minimum absolute atomic E-state index is 0.0416. The number of nitrogens with one attached hydrogen (secondary N) is 1. The van der Waals surface area contributed by atoms with E-state index in [1.54, 1.807) is 31.4 Å². The molecule has 2 aromatic rings. The molecule has 0 fully saturated rings. The summed E-state index contributed by atoms with van der Waals surface area (Å²) in [5.74, 6) is 0.282. The van der Waals surface area contributed by atoms with Crippen LogP contribution in [0, 0.1) is 17.1 Å². The van der Waals surface area contributed by atoms with Gasteiger partial charge in [0.15, 0.2) is 0 Å². The van der Waals surface area contributed by atoms with Gasteiger partial charge in [0.1, 0.15) is 29.9 Å². The predicted octanol–water partition coefficient (Wildman–Crippen LogP) is 2.95. The van der Waals surface area contributed by atoms with Gasteiger partial charge in [-0.15, -0.1) is 0 Å². The van der Waals surface area contributed by atoms with Gasteiger partial charge >= 0.3 is 0 Å². The second kappa shape index (κ2) is 6.82. The fraction of sp³-hybridized carbons (Fsp3) is 0.250. The number of aromatic nitrogens is 1. The lowest BCUT2D eigenvalue weighted by atomic mass is 10.1. The van der Waals surface area contributed by atoms with Gasteiger partial charge in [0.05, 0.1) is 0 Å². The Morgan fingerprint density at radius 3 is 2.95 bits per heavy atom. The summed E-state index contributed by atoms with van der Waals surface area (Å²) in [6.45, 7) is 2.14. The van der Waals surface area contributed by atoms with Gasteiger partial charge in [0.25, 0.3) is 0 Å². The van der Waals surface area contributed by atoms with Crippen LogP contribution >= 0.6 is 0 Å². The highest BCUT2D eigenvalue weighted by atomic mass is 19.1. The molecular weight excluding hydrogens is 269 g/mol. The van der Waals surface area contributed by atoms with E-state index < -0.39 is 0 Å². The number of pyridine rings is 1. The first-order valence-electron chi connectivity index (χ1n) is 6.59. The van der Waals surface area contributed by atoms with Crippen LogP contribution in [0.15, 0.2) is 36.5 Å². The van der Waals surface area contributed by atoms with Gasteiger partial charge in [-0.3, -0.25) is 0 Å². The van der Waals surface area contributed by atoms with Crippen molar-refractivity contribution in [2.24, 2.45) is 0 Å². The van der Waals surface area contributed by atoms with E-state index in [4.69, 9.17) is 10.00 Å². The molecule has 1 aromatic carbocycles. The summed E-state index contributed by atoms with van der Waals surface area (Å²) in [5.41, 5.74) is 1.77. The first kappa shape index (κ1) is 14.9. The number of ether oxygens (including phenoxy) is 1. The minimum atomic E-state index is -0.307. The largest absolute Gasteiger partial charge is 0.488 e. The van der Waals surface area contributed by atoms with Crippen molar-refractivity contribution in [2.45, 2.75) is 19.6 Å². The smallest absolute Gasteiger partial charge is 0.147 e. The molecule has 1 N–H and O–H groups in total. The molecule has 0 radical (unpaired) electrons. The molecule has 4 nitrogen and oxygen atoms in total. The van der Waals surface area contributed by atoms with Crippen LogP contribution in [-0.2, 0) is 6.61 Å². The number of rotatable bonds is 5. The molecule has 0 bridgehead atoms. The van der Waals surface area contributed by atoms with Gasteiger partial charge in [0, 0.05) is 23.4 Å². The zero-order valence-electron chi connectivity index (χ0n) is 11.9. The Bertz CT molecular complexity index is 667. The number of hydrogen-bond donors (Lipinski definition) is 1. The first-order valence-corrected chi connectivity index (χ1v) is 6.59. The summed E-state index contributed by atoms with van der Waals surface area (Å²) < 4.78 is 19.1. The summed E-state index contributed by atoms with van der Waals surface area (Å²) in [6.07, 6.45) is 1.56. The van der Waals surface area contributed by atoms with Crippen molar-refractivity contribution < 1.29 is 9.13 Å². The third kappa shape index (κ3) is 3.56. The zero-order valence-corrected chi connectivity index (χ0v) is 11.9. The molecule has 21 heavy (non-hydrogen) atoms. The normalized spacial score (nSPS) is 11.7. The van der Waals surface area contributed by atoms with E-state index in [1.807, 2.05) is 13.0 Å². The average Bonchev–Trinajstić information content (AvgIpc) is 2.53. The second-order valence-electron chi connectivity index (χ2n) is 4.60. The second-order valence-corrected chi connectivity index (χ2v) is 4.60. The van der Waals surface area contributed by atoms with Crippen LogP contribution in [0.5, 0.6) is 5.75 Å². The third-order valence-corrected chi connectivity index (χ3v) is 3.25. The minimum Gasteiger partial charge on any atom is -0.488 e. The number of nitriles is 1. The summed E-state index contributed by atoms with van der Waals surface area (Å²) >= 11 is 0. The van der Waals surface area contributed by atoms with Crippen molar-refractivity contribution in [3.63, 3.8) is 0 Å². The van der Waals surface area contributed by atoms with Crippen LogP contribution in [0.2, 0.25) is 0 Å². The molecule has 1 unspecified atom stereocenters. The molecule has 1 heterocycles. The molecule has 0 spiro atoms. The predicted molar refractivity (Wildman–Crippen MR) is 77.2 cm³/mol. The van der Waals surface area contributed by atoms with Gasteiger partial charge in [-0.25, -0.2) is 9.37 Å². The monoisotopic (exact) mass is 285 g/mol. The lowest BCUT2D eigenvalue weighted by molar-refractivity contribution is 0.299. The van der Waals surface area contributed by atoms with Crippen LogP contribution in [0.25, 0.3) is 0 Å². The van der Waals surface area contributed by atoms with E-state index in [1.165, 1.54) is 12.1 Å². The lowest BCUT2D eigenvalue weighted by Gasteiger charge is -2.16. The van der Waals surface area contributed by atoms with E-state index in [-0.39, 0.29) is 18.5 Å². The summed E-state index contributed by atoms with van der Waals surface area (Å²) in [4.78, 5) is 3.98. The Kier molecular flexibility index (Phi) is 4.85. The SMILES string of the molecule is CNC(C)c1cc(F)ccc1OCc1cccnc1C#N. The Labute approximate surface area is 123 Å². The van der Waals surface area contributed by atoms with Crippen molar-refractivity contribution >= 4 is 0 Å². The van der Waals surface area contributed by atoms with Crippen LogP contribution in [0.1, 0.15) is 29.8 Å². The molecule has 0 aliphatic rings. The van der Waals surface area contributed by atoms with Gasteiger partial charge < -0.3 is 10.1 Å². The Morgan fingerprint density at radius 1 is 1.43 bits per heavy atom. The van der Waals surface area contributed by atoms with Crippen LogP contribution < -0.4 is 10.1 Å². The van der Waals surface area contributed by atoms with Crippen molar-refractivity contribution in [3.05, 3.63) is 59.2 Å². The Balaban J connectivity index is 2.22. The topological polar surface area (TPSA) is 57.9 Å². The lowest BCUT2D eigenvalue weighted by Crippen LogP contribution is -2.14. The van der Waals surface area contributed by atoms with Gasteiger partial charge in [-0.1, -0.05) is 6.07 Å². The first-order chi connectivity index (χ1) is 10.2. The van der Waals surface area contributed by atoms with E-state index in [9.17, 15) is 4.39 Å². The molecule has 0 saturated carbocycles. The summed E-state index contributed by atoms with van der Waals surface area (Å²) in [7, 11) is 1.80. The van der Waals surface area contributed by atoms with E-state index in [0.29, 0.717) is 17.0 Å². The van der Waals surface area contributed by atoms with E-state index in [0.717, 1.165) is 5.56 Å². The number of nitrogens with zero attached hydrogens (tertiary/aromatic N) is 2. The zero-order chi connectivity index (χ0) is 15.2. The van der Waals surface area contributed by atoms with E-state index >= 15 is 0 Å². The molecule has 108 valence electrons. The molecule has 1 aromatic heterocycles. The van der Waals surface area contributed by atoms with Gasteiger partial charge in [-0.05, 0) is 38.2 Å². The van der Waals surface area contributed by atoms with E-state index in [2.05, 4.69) is 10.3 Å². The molecular formula is C16H16FN3O. The quantitative estimate of drug-likeness (QED) is 0.917. The van der Waals surface area contributed by atoms with Crippen molar-refractivity contribution in [1.29, 1.82) is 5.26 Å². The van der Waals surface area contributed by atoms with Crippen molar-refractivity contribution in [2.75, 3.05) is 7.05 Å². The Morgan fingerprint density at radius 2 is 2.24 bits per heavy atom. The van der Waals surface area contributed by atoms with Crippen molar-refractivity contribution in [1.82, 2.24) is 10.3 Å². The summed E-state index contributed by atoms with van der Waals surface area (Å²) in [6, 6.07) is 9.93. The molecule has 2 rings (SSSR count). The number of benzene rings is 1. The standard InChI is InChI=1S/C16H16FN3O/c1-11(19-2)14-8-13(17)5-6-16(14)21-10-12-4-3-7-20-15(12)9-18/h3-8,11,19H,10H2,1-2H3. The fourth-order valence-electron chi connectivity index (χ4n) is 1.96. The van der Waals surface area contributed by atoms with Crippen molar-refractivity contribution in [3.8, 4) is 11.8 Å². The highest BCUT2D eigenvalue weighted by Crippen LogP contribution is 2.26. The maximum absolute atomic E-state index is 13.4. The van der Waals surface area contributed by atoms with Crippen LogP contribution in [-0.4, -0.2) is 12.0 Å². The number of hydrogen-bond acceptors (Lipinski definition) is 4. The number of halogens is 1. The van der Waals surface area contributed by atoms with Gasteiger partial charge in [-0.2, -0.15) is 5.26 Å². The summed E-state index contributed by atoms with van der Waals surface area (Å²) in [5, 5.41) is 12.1. The maximum atomic E-state index is 13.4. The molecule has 0 amide bonds. The Hall–Kier alpha value is -2.45. The molecule has 0 aliphatic carbocycles. The fourth-order valence-corrected chi connectivity index (χ4v) is 1.96. The highest BCUT2D eigenvalue weighted by molar-refractivity contribution is 5.37. The third-order valence-electron chi connectivity index (χ3n) is 3.25. The van der Waals surface area contributed by atoms with Crippen LogP contribution in [0.4, 0.5) is 4.39 Å². The molecule has 0 aliphatic heterocycles. The van der Waals surface area contributed by atoms with Gasteiger partial charge in [0.2, 0.25) is 0 Å².